The van der Waals surface area contributed by atoms with Gasteiger partial charge in [0.2, 0.25) is 0 Å². The molecule has 2 aromatic carbocycles. The molecule has 21 heavy (non-hydrogen) atoms. The lowest BCUT2D eigenvalue weighted by atomic mass is 10.1. The van der Waals surface area contributed by atoms with Gasteiger partial charge in [0.25, 0.3) is 0 Å². The summed E-state index contributed by atoms with van der Waals surface area (Å²) in [5.74, 6) is -1.16. The Labute approximate surface area is 122 Å². The Morgan fingerprint density at radius 1 is 1.05 bits per heavy atom. The fraction of sp³-hybridized carbons (Fsp3) is 0.0588. The van der Waals surface area contributed by atoms with Gasteiger partial charge in [0.1, 0.15) is 0 Å². The minimum absolute atomic E-state index is 0.143. The van der Waals surface area contributed by atoms with Gasteiger partial charge in [-0.15, -0.1) is 0 Å². The number of carbonyl (C=O) groups is 2. The summed E-state index contributed by atoms with van der Waals surface area (Å²) in [5, 5.41) is 11.9. The number of hydrogen-bond donors (Lipinski definition) is 2. The van der Waals surface area contributed by atoms with E-state index in [-0.39, 0.29) is 11.3 Å². The highest BCUT2D eigenvalue weighted by Crippen LogP contribution is 2.14. The van der Waals surface area contributed by atoms with Gasteiger partial charge >= 0.3 is 5.97 Å². The normalized spacial score (nSPS) is 10.5. The summed E-state index contributed by atoms with van der Waals surface area (Å²) < 4.78 is 0. The standard InChI is InChI=1S/C17H15NO3/c1-12-6-8-13(9-7-12)16(19)10-11-18-15-5-3-2-4-14(15)17(20)21/h2-11,18H,1H3,(H,20,21)/b11-10-. The molecule has 2 rings (SSSR count). The number of nitrogens with one attached hydrogen (secondary N) is 1. The number of carboxylic acids is 1. The van der Waals surface area contributed by atoms with Crippen molar-refractivity contribution in [2.45, 2.75) is 6.92 Å². The summed E-state index contributed by atoms with van der Waals surface area (Å²) in [6, 6.07) is 13.8. The maximum Gasteiger partial charge on any atom is 0.337 e. The highest BCUT2D eigenvalue weighted by Gasteiger charge is 2.07. The Bertz CT molecular complexity index is 687. The third-order valence-corrected chi connectivity index (χ3v) is 2.97. The summed E-state index contributed by atoms with van der Waals surface area (Å²) in [6.45, 7) is 1.95. The van der Waals surface area contributed by atoms with Crippen LogP contribution in [0.3, 0.4) is 0 Å². The van der Waals surface area contributed by atoms with E-state index in [1.54, 1.807) is 30.3 Å². The Hall–Kier alpha value is -2.88. The predicted octanol–water partition coefficient (Wildman–Crippen LogP) is 3.50. The zero-order chi connectivity index (χ0) is 15.2. The van der Waals surface area contributed by atoms with E-state index in [0.717, 1.165) is 5.56 Å². The molecule has 0 atom stereocenters. The maximum atomic E-state index is 11.9. The molecule has 0 unspecified atom stereocenters. The molecule has 0 saturated carbocycles. The number of allylic oxidation sites excluding steroid dienone is 1. The second kappa shape index (κ2) is 6.52. The van der Waals surface area contributed by atoms with Crippen LogP contribution in [0, 0.1) is 6.92 Å². The lowest BCUT2D eigenvalue weighted by Crippen LogP contribution is -2.02. The molecule has 0 spiro atoms. The molecule has 2 aromatic rings. The average Bonchev–Trinajstić information content (AvgIpc) is 2.48. The van der Waals surface area contributed by atoms with Crippen LogP contribution in [-0.4, -0.2) is 16.9 Å². The molecule has 0 fully saturated rings. The molecule has 0 amide bonds. The molecular formula is C17H15NO3. The van der Waals surface area contributed by atoms with Gasteiger partial charge in [0.05, 0.1) is 11.3 Å². The highest BCUT2D eigenvalue weighted by molar-refractivity contribution is 6.04. The molecule has 0 aliphatic heterocycles. The molecule has 0 aromatic heterocycles. The van der Waals surface area contributed by atoms with Gasteiger partial charge in [-0.25, -0.2) is 4.79 Å². The van der Waals surface area contributed by atoms with Gasteiger partial charge < -0.3 is 10.4 Å². The molecule has 0 saturated heterocycles. The van der Waals surface area contributed by atoms with Crippen molar-refractivity contribution in [3.63, 3.8) is 0 Å². The Balaban J connectivity index is 2.07. The number of ketones is 1. The number of hydrogen-bond acceptors (Lipinski definition) is 3. The first kappa shape index (κ1) is 14.5. The molecule has 106 valence electrons. The van der Waals surface area contributed by atoms with Gasteiger partial charge in [-0.05, 0) is 19.1 Å². The number of carboxylic acid groups (broad SMARTS) is 1. The first-order valence-corrected chi connectivity index (χ1v) is 6.44. The zero-order valence-corrected chi connectivity index (χ0v) is 11.5. The second-order valence-electron chi connectivity index (χ2n) is 4.56. The summed E-state index contributed by atoms with van der Waals surface area (Å²) in [4.78, 5) is 23.0. The van der Waals surface area contributed by atoms with E-state index in [1.807, 2.05) is 19.1 Å². The third kappa shape index (κ3) is 3.79. The van der Waals surface area contributed by atoms with Crippen molar-refractivity contribution in [2.75, 3.05) is 5.32 Å². The Morgan fingerprint density at radius 3 is 2.38 bits per heavy atom. The van der Waals surface area contributed by atoms with Crippen LogP contribution in [0.4, 0.5) is 5.69 Å². The SMILES string of the molecule is Cc1ccc(C(=O)/C=C\Nc2ccccc2C(=O)O)cc1. The van der Waals surface area contributed by atoms with Crippen LogP contribution in [0.1, 0.15) is 26.3 Å². The van der Waals surface area contributed by atoms with Gasteiger partial charge in [-0.2, -0.15) is 0 Å². The number of anilines is 1. The first-order valence-electron chi connectivity index (χ1n) is 6.44. The summed E-state index contributed by atoms with van der Waals surface area (Å²) >= 11 is 0. The lowest BCUT2D eigenvalue weighted by molar-refractivity contribution is 0.0698. The fourth-order valence-corrected chi connectivity index (χ4v) is 1.82. The van der Waals surface area contributed by atoms with Crippen LogP contribution in [0.5, 0.6) is 0 Å². The Morgan fingerprint density at radius 2 is 1.71 bits per heavy atom. The van der Waals surface area contributed by atoms with Crippen LogP contribution in [0.15, 0.2) is 60.8 Å². The van der Waals surface area contributed by atoms with Crippen molar-refractivity contribution >= 4 is 17.4 Å². The number of rotatable bonds is 5. The van der Waals surface area contributed by atoms with Gasteiger partial charge in [-0.3, -0.25) is 4.79 Å². The number of aryl methyl sites for hydroxylation is 1. The molecule has 0 aliphatic carbocycles. The van der Waals surface area contributed by atoms with E-state index in [2.05, 4.69) is 5.32 Å². The zero-order valence-electron chi connectivity index (χ0n) is 11.5. The molecule has 0 radical (unpaired) electrons. The van der Waals surface area contributed by atoms with E-state index in [1.165, 1.54) is 18.3 Å². The molecular weight excluding hydrogens is 266 g/mol. The topological polar surface area (TPSA) is 66.4 Å². The van der Waals surface area contributed by atoms with Crippen LogP contribution < -0.4 is 5.32 Å². The quantitative estimate of drug-likeness (QED) is 0.650. The van der Waals surface area contributed by atoms with Crippen molar-refractivity contribution in [3.8, 4) is 0 Å². The van der Waals surface area contributed by atoms with E-state index in [0.29, 0.717) is 11.3 Å². The molecule has 4 nitrogen and oxygen atoms in total. The second-order valence-corrected chi connectivity index (χ2v) is 4.56. The van der Waals surface area contributed by atoms with Crippen molar-refractivity contribution in [2.24, 2.45) is 0 Å². The van der Waals surface area contributed by atoms with Crippen LogP contribution in [-0.2, 0) is 0 Å². The van der Waals surface area contributed by atoms with Crippen molar-refractivity contribution < 1.29 is 14.7 Å². The predicted molar refractivity (Wildman–Crippen MR) is 81.7 cm³/mol. The summed E-state index contributed by atoms with van der Waals surface area (Å²) in [7, 11) is 0. The van der Waals surface area contributed by atoms with Crippen molar-refractivity contribution in [3.05, 3.63) is 77.5 Å². The average molecular weight is 281 g/mol. The van der Waals surface area contributed by atoms with E-state index in [9.17, 15) is 9.59 Å². The van der Waals surface area contributed by atoms with Crippen LogP contribution >= 0.6 is 0 Å². The van der Waals surface area contributed by atoms with Crippen LogP contribution in [0.25, 0.3) is 0 Å². The fourth-order valence-electron chi connectivity index (χ4n) is 1.82. The number of benzene rings is 2. The van der Waals surface area contributed by atoms with Crippen molar-refractivity contribution in [1.29, 1.82) is 0 Å². The van der Waals surface area contributed by atoms with Gasteiger partial charge in [0, 0.05) is 17.8 Å². The minimum Gasteiger partial charge on any atom is -0.478 e. The molecule has 4 heteroatoms. The first-order chi connectivity index (χ1) is 10.1. The molecule has 0 aliphatic rings. The van der Waals surface area contributed by atoms with E-state index in [4.69, 9.17) is 5.11 Å². The molecule has 0 heterocycles. The lowest BCUT2D eigenvalue weighted by Gasteiger charge is -2.04. The monoisotopic (exact) mass is 281 g/mol. The highest BCUT2D eigenvalue weighted by atomic mass is 16.4. The van der Waals surface area contributed by atoms with E-state index < -0.39 is 5.97 Å². The number of aromatic carboxylic acids is 1. The largest absolute Gasteiger partial charge is 0.478 e. The smallest absolute Gasteiger partial charge is 0.337 e. The Kier molecular flexibility index (Phi) is 4.51. The number of carbonyl (C=O) groups excluding carboxylic acids is 1. The molecule has 0 bridgehead atoms. The maximum absolute atomic E-state index is 11.9. The van der Waals surface area contributed by atoms with Crippen LogP contribution in [0.2, 0.25) is 0 Å². The summed E-state index contributed by atoms with van der Waals surface area (Å²) in [5.41, 5.74) is 2.28. The third-order valence-electron chi connectivity index (χ3n) is 2.97. The number of para-hydroxylation sites is 1. The molecule has 2 N–H and O–H groups in total. The minimum atomic E-state index is -1.02. The summed E-state index contributed by atoms with van der Waals surface area (Å²) in [6.07, 6.45) is 2.83. The van der Waals surface area contributed by atoms with Gasteiger partial charge in [0.15, 0.2) is 5.78 Å². The van der Waals surface area contributed by atoms with E-state index >= 15 is 0 Å². The van der Waals surface area contributed by atoms with Gasteiger partial charge in [-0.1, -0.05) is 42.0 Å². The van der Waals surface area contributed by atoms with Crippen molar-refractivity contribution in [1.82, 2.24) is 0 Å².